The molecule has 1 amide bonds. The summed E-state index contributed by atoms with van der Waals surface area (Å²) < 4.78 is 14.0. The highest BCUT2D eigenvalue weighted by molar-refractivity contribution is 6.55. The Bertz CT molecular complexity index is 589. The van der Waals surface area contributed by atoms with Crippen LogP contribution in [0.25, 0.3) is 0 Å². The molecule has 1 atom stereocenters. The van der Waals surface area contributed by atoms with Gasteiger partial charge in [-0.25, -0.2) is 4.39 Å². The number of Topliss-reactive ketones (excluding diaryl/α,β-unsaturated/α-hetero) is 1. The Morgan fingerprint density at radius 1 is 1.29 bits per heavy atom. The maximum atomic E-state index is 14.0. The van der Waals surface area contributed by atoms with Gasteiger partial charge in [-0.05, 0) is 24.6 Å². The van der Waals surface area contributed by atoms with Crippen molar-refractivity contribution in [3.05, 3.63) is 28.5 Å². The van der Waals surface area contributed by atoms with Crippen molar-refractivity contribution in [2.75, 3.05) is 18.0 Å². The molecule has 1 aromatic carbocycles. The summed E-state index contributed by atoms with van der Waals surface area (Å²) >= 11 is 5.93. The number of hydrogen-bond donors (Lipinski definition) is 1. The summed E-state index contributed by atoms with van der Waals surface area (Å²) in [6.07, 6.45) is 0. The molecule has 114 valence electrons. The number of nitrogens with zero attached hydrogens (tertiary/aromatic N) is 1. The van der Waals surface area contributed by atoms with Crippen molar-refractivity contribution in [2.45, 2.75) is 26.8 Å². The Morgan fingerprint density at radius 2 is 1.95 bits per heavy atom. The van der Waals surface area contributed by atoms with Crippen LogP contribution in [0.3, 0.4) is 0 Å². The van der Waals surface area contributed by atoms with Crippen LogP contribution in [-0.2, 0) is 4.79 Å². The van der Waals surface area contributed by atoms with Gasteiger partial charge in [0.25, 0.3) is 11.7 Å². The fraction of sp³-hybridized carbons (Fsp3) is 0.467. The van der Waals surface area contributed by atoms with Crippen LogP contribution < -0.4 is 10.2 Å². The van der Waals surface area contributed by atoms with E-state index in [2.05, 4.69) is 5.32 Å². The van der Waals surface area contributed by atoms with Crippen LogP contribution in [0.1, 0.15) is 31.1 Å². The lowest BCUT2D eigenvalue weighted by Crippen LogP contribution is -2.38. The first-order chi connectivity index (χ1) is 9.82. The van der Waals surface area contributed by atoms with Gasteiger partial charge < -0.3 is 10.2 Å². The molecule has 0 saturated carbocycles. The van der Waals surface area contributed by atoms with Crippen LogP contribution in [0.15, 0.2) is 12.1 Å². The van der Waals surface area contributed by atoms with Crippen LogP contribution in [-0.4, -0.2) is 30.8 Å². The Labute approximate surface area is 128 Å². The zero-order chi connectivity index (χ0) is 15.7. The number of benzene rings is 1. The molecule has 2 rings (SSSR count). The number of nitrogens with one attached hydrogen (secondary N) is 1. The van der Waals surface area contributed by atoms with Gasteiger partial charge in [-0.2, -0.15) is 0 Å². The first-order valence-electron chi connectivity index (χ1n) is 6.90. The summed E-state index contributed by atoms with van der Waals surface area (Å²) in [5, 5.41) is 3.36. The van der Waals surface area contributed by atoms with Crippen LogP contribution >= 0.6 is 11.6 Å². The van der Waals surface area contributed by atoms with Gasteiger partial charge in [0, 0.05) is 12.6 Å². The summed E-state index contributed by atoms with van der Waals surface area (Å²) in [4.78, 5) is 25.2. The first-order valence-corrected chi connectivity index (χ1v) is 7.28. The molecule has 1 aromatic rings. The monoisotopic (exact) mass is 312 g/mol. The SMILES string of the molecule is CC(CNC(C)C)CN1C(=O)C(=O)c2c(Cl)ccc(F)c21. The standard InChI is InChI=1S/C15H18ClFN2O2/c1-8(2)18-6-9(3)7-19-13-11(17)5-4-10(16)12(13)14(20)15(19)21/h4-5,8-9,18H,6-7H2,1-3H3. The zero-order valence-corrected chi connectivity index (χ0v) is 13.0. The molecular weight excluding hydrogens is 295 g/mol. The van der Waals surface area contributed by atoms with Gasteiger partial charge in [-0.15, -0.1) is 0 Å². The van der Waals surface area contributed by atoms with E-state index in [1.165, 1.54) is 17.0 Å². The number of carbonyl (C=O) groups is 2. The summed E-state index contributed by atoms with van der Waals surface area (Å²) in [5.41, 5.74) is -0.0143. The fourth-order valence-corrected chi connectivity index (χ4v) is 2.58. The second kappa shape index (κ2) is 6.12. The highest BCUT2D eigenvalue weighted by atomic mass is 35.5. The average Bonchev–Trinajstić information content (AvgIpc) is 2.67. The molecule has 21 heavy (non-hydrogen) atoms. The van der Waals surface area contributed by atoms with Gasteiger partial charge >= 0.3 is 0 Å². The molecule has 1 unspecified atom stereocenters. The van der Waals surface area contributed by atoms with Crippen molar-refractivity contribution in [2.24, 2.45) is 5.92 Å². The molecule has 4 nitrogen and oxygen atoms in total. The quantitative estimate of drug-likeness (QED) is 0.850. The van der Waals surface area contributed by atoms with E-state index in [1.54, 1.807) is 0 Å². The Kier molecular flexibility index (Phi) is 4.64. The van der Waals surface area contributed by atoms with E-state index in [1.807, 2.05) is 20.8 Å². The van der Waals surface area contributed by atoms with Crippen LogP contribution in [0.4, 0.5) is 10.1 Å². The molecule has 1 aliphatic heterocycles. The number of fused-ring (bicyclic) bond motifs is 1. The predicted octanol–water partition coefficient (Wildman–Crippen LogP) is 2.64. The zero-order valence-electron chi connectivity index (χ0n) is 12.2. The maximum absolute atomic E-state index is 14.0. The predicted molar refractivity (Wildman–Crippen MR) is 80.4 cm³/mol. The molecule has 0 aliphatic carbocycles. The van der Waals surface area contributed by atoms with E-state index in [4.69, 9.17) is 11.6 Å². The van der Waals surface area contributed by atoms with E-state index in [9.17, 15) is 14.0 Å². The van der Waals surface area contributed by atoms with E-state index in [-0.39, 0.29) is 28.7 Å². The molecule has 0 spiro atoms. The van der Waals surface area contributed by atoms with Gasteiger partial charge in [0.15, 0.2) is 0 Å². The average molecular weight is 313 g/mol. The van der Waals surface area contributed by atoms with E-state index in [0.717, 1.165) is 0 Å². The molecule has 1 heterocycles. The second-order valence-electron chi connectivity index (χ2n) is 5.67. The smallest absolute Gasteiger partial charge is 0.299 e. The molecule has 6 heteroatoms. The summed E-state index contributed by atoms with van der Waals surface area (Å²) in [6, 6.07) is 2.80. The lowest BCUT2D eigenvalue weighted by atomic mass is 10.1. The lowest BCUT2D eigenvalue weighted by Gasteiger charge is -2.22. The van der Waals surface area contributed by atoms with Crippen LogP contribution in [0.2, 0.25) is 5.02 Å². The van der Waals surface area contributed by atoms with Crippen molar-refractivity contribution >= 4 is 29.0 Å². The van der Waals surface area contributed by atoms with Crippen molar-refractivity contribution in [3.63, 3.8) is 0 Å². The van der Waals surface area contributed by atoms with E-state index in [0.29, 0.717) is 12.6 Å². The van der Waals surface area contributed by atoms with Crippen molar-refractivity contribution in [3.8, 4) is 0 Å². The molecule has 0 saturated heterocycles. The molecule has 0 bridgehead atoms. The summed E-state index contributed by atoms with van der Waals surface area (Å²) in [7, 11) is 0. The summed E-state index contributed by atoms with van der Waals surface area (Å²) in [5.74, 6) is -1.97. The third kappa shape index (κ3) is 3.09. The van der Waals surface area contributed by atoms with Crippen LogP contribution in [0, 0.1) is 11.7 Å². The first kappa shape index (κ1) is 15.9. The van der Waals surface area contributed by atoms with Crippen molar-refractivity contribution < 1.29 is 14.0 Å². The minimum atomic E-state index is -0.737. The summed E-state index contributed by atoms with van der Waals surface area (Å²) in [6.45, 7) is 6.92. The maximum Gasteiger partial charge on any atom is 0.299 e. The largest absolute Gasteiger partial charge is 0.314 e. The van der Waals surface area contributed by atoms with E-state index < -0.39 is 17.5 Å². The fourth-order valence-electron chi connectivity index (χ4n) is 2.34. The lowest BCUT2D eigenvalue weighted by molar-refractivity contribution is -0.114. The Balaban J connectivity index is 2.25. The molecule has 0 aromatic heterocycles. The topological polar surface area (TPSA) is 49.4 Å². The molecular formula is C15H18ClFN2O2. The number of anilines is 1. The number of amides is 1. The van der Waals surface area contributed by atoms with Crippen molar-refractivity contribution in [1.82, 2.24) is 5.32 Å². The van der Waals surface area contributed by atoms with Gasteiger partial charge in [-0.3, -0.25) is 9.59 Å². The number of halogens is 2. The Hall–Kier alpha value is -1.46. The van der Waals surface area contributed by atoms with Gasteiger partial charge in [0.2, 0.25) is 0 Å². The molecule has 1 N–H and O–H groups in total. The van der Waals surface area contributed by atoms with Crippen LogP contribution in [0.5, 0.6) is 0 Å². The van der Waals surface area contributed by atoms with Crippen molar-refractivity contribution in [1.29, 1.82) is 0 Å². The van der Waals surface area contributed by atoms with Gasteiger partial charge in [0.1, 0.15) is 5.82 Å². The highest BCUT2D eigenvalue weighted by Gasteiger charge is 2.40. The third-order valence-electron chi connectivity index (χ3n) is 3.38. The number of rotatable bonds is 5. The van der Waals surface area contributed by atoms with Gasteiger partial charge in [0.05, 0.1) is 16.3 Å². The normalized spacial score (nSPS) is 15.8. The third-order valence-corrected chi connectivity index (χ3v) is 3.70. The number of hydrogen-bond acceptors (Lipinski definition) is 3. The molecule has 1 aliphatic rings. The number of carbonyl (C=O) groups excluding carboxylic acids is 2. The molecule has 0 radical (unpaired) electrons. The highest BCUT2D eigenvalue weighted by Crippen LogP contribution is 2.36. The van der Waals surface area contributed by atoms with E-state index >= 15 is 0 Å². The number of ketones is 1. The molecule has 0 fully saturated rings. The second-order valence-corrected chi connectivity index (χ2v) is 6.07. The minimum absolute atomic E-state index is 0.00824. The minimum Gasteiger partial charge on any atom is -0.314 e. The Morgan fingerprint density at radius 3 is 2.57 bits per heavy atom. The van der Waals surface area contributed by atoms with Gasteiger partial charge in [-0.1, -0.05) is 32.4 Å².